The monoisotopic (exact) mass is 462 g/mol. The zero-order valence-electron chi connectivity index (χ0n) is 18.0. The Morgan fingerprint density at radius 1 is 0.848 bits per heavy atom. The first kappa shape index (κ1) is 23.9. The summed E-state index contributed by atoms with van der Waals surface area (Å²) in [5, 5.41) is 7.53. The van der Waals surface area contributed by atoms with Gasteiger partial charge in [-0.1, -0.05) is 6.92 Å². The normalized spacial score (nSPS) is 12.2. The van der Waals surface area contributed by atoms with E-state index in [1.807, 2.05) is 0 Å². The Kier molecular flexibility index (Phi) is 8.14. The highest BCUT2D eigenvalue weighted by molar-refractivity contribution is 5.95. The molecule has 2 aromatic rings. The fraction of sp³-hybridized carbons (Fsp3) is 0.318. The topological polar surface area (TPSA) is 109 Å². The number of ether oxygens (including phenoxy) is 2. The van der Waals surface area contributed by atoms with Gasteiger partial charge in [0.1, 0.15) is 13.2 Å². The Morgan fingerprint density at radius 3 is 2.21 bits per heavy atom. The van der Waals surface area contributed by atoms with Crippen LogP contribution in [-0.2, 0) is 14.4 Å². The van der Waals surface area contributed by atoms with Crippen molar-refractivity contribution in [3.05, 3.63) is 48.0 Å². The van der Waals surface area contributed by atoms with E-state index in [1.54, 1.807) is 30.0 Å². The standard InChI is InChI=1S/C22H24F2N4O5/c1-2-28(13-22(31)27-15-4-6-18-19(10-15)33-8-7-32-18)12-21(30)25-11-20(29)26-14-3-5-16(23)17(24)9-14/h3-6,9-10H,2,7-8,11-13H2,1H3,(H,25,30)(H,26,29)(H,27,31). The number of nitrogens with one attached hydrogen (secondary N) is 3. The Labute approximate surface area is 189 Å². The number of likely N-dealkylation sites (N-methyl/N-ethyl adjacent to an activating group) is 1. The summed E-state index contributed by atoms with van der Waals surface area (Å²) in [4.78, 5) is 38.0. The maximum Gasteiger partial charge on any atom is 0.243 e. The molecule has 0 atom stereocenters. The molecular formula is C22H24F2N4O5. The van der Waals surface area contributed by atoms with Crippen molar-refractivity contribution < 1.29 is 32.6 Å². The molecule has 0 saturated carbocycles. The van der Waals surface area contributed by atoms with Crippen molar-refractivity contribution in [2.24, 2.45) is 0 Å². The minimum atomic E-state index is -1.09. The molecule has 0 radical (unpaired) electrons. The van der Waals surface area contributed by atoms with Gasteiger partial charge in [-0.3, -0.25) is 19.3 Å². The maximum atomic E-state index is 13.2. The summed E-state index contributed by atoms with van der Waals surface area (Å²) in [7, 11) is 0. The Morgan fingerprint density at radius 2 is 1.48 bits per heavy atom. The van der Waals surface area contributed by atoms with Gasteiger partial charge < -0.3 is 25.4 Å². The number of amides is 3. The first-order valence-corrected chi connectivity index (χ1v) is 10.3. The van der Waals surface area contributed by atoms with E-state index in [-0.39, 0.29) is 31.2 Å². The lowest BCUT2D eigenvalue weighted by Gasteiger charge is -2.21. The molecule has 0 aliphatic carbocycles. The first-order chi connectivity index (χ1) is 15.8. The van der Waals surface area contributed by atoms with E-state index in [1.165, 1.54) is 6.07 Å². The minimum absolute atomic E-state index is 0.0422. The van der Waals surface area contributed by atoms with Crippen LogP contribution >= 0.6 is 0 Å². The lowest BCUT2D eigenvalue weighted by atomic mass is 10.2. The highest BCUT2D eigenvalue weighted by Gasteiger charge is 2.16. The quantitative estimate of drug-likeness (QED) is 0.524. The van der Waals surface area contributed by atoms with Gasteiger partial charge in [-0.2, -0.15) is 0 Å². The average molecular weight is 462 g/mol. The van der Waals surface area contributed by atoms with E-state index in [9.17, 15) is 23.2 Å². The van der Waals surface area contributed by atoms with Crippen LogP contribution in [-0.4, -0.2) is 62.0 Å². The zero-order valence-corrected chi connectivity index (χ0v) is 18.0. The molecule has 176 valence electrons. The van der Waals surface area contributed by atoms with Crippen molar-refractivity contribution in [2.75, 3.05) is 50.0 Å². The van der Waals surface area contributed by atoms with E-state index in [0.717, 1.165) is 12.1 Å². The van der Waals surface area contributed by atoms with Gasteiger partial charge in [-0.15, -0.1) is 0 Å². The third-order valence-electron chi connectivity index (χ3n) is 4.66. The molecule has 0 saturated heterocycles. The molecule has 1 aliphatic rings. The molecule has 3 amide bonds. The van der Waals surface area contributed by atoms with Crippen LogP contribution in [0.1, 0.15) is 6.92 Å². The summed E-state index contributed by atoms with van der Waals surface area (Å²) in [6.45, 7) is 2.60. The van der Waals surface area contributed by atoms with E-state index < -0.39 is 23.4 Å². The number of nitrogens with zero attached hydrogens (tertiary/aromatic N) is 1. The number of hydrogen-bond acceptors (Lipinski definition) is 6. The van der Waals surface area contributed by atoms with Gasteiger partial charge in [0.05, 0.1) is 19.6 Å². The van der Waals surface area contributed by atoms with Crippen LogP contribution < -0.4 is 25.4 Å². The van der Waals surface area contributed by atoms with Crippen LogP contribution in [0.4, 0.5) is 20.2 Å². The van der Waals surface area contributed by atoms with E-state index in [0.29, 0.717) is 36.9 Å². The minimum Gasteiger partial charge on any atom is -0.486 e. The van der Waals surface area contributed by atoms with Crippen LogP contribution in [0.3, 0.4) is 0 Å². The van der Waals surface area contributed by atoms with Gasteiger partial charge in [-0.05, 0) is 30.8 Å². The van der Waals surface area contributed by atoms with Gasteiger partial charge in [0.25, 0.3) is 0 Å². The summed E-state index contributed by atoms with van der Waals surface area (Å²) in [6.07, 6.45) is 0. The molecule has 0 aromatic heterocycles. The molecule has 1 heterocycles. The number of anilines is 2. The van der Waals surface area contributed by atoms with Gasteiger partial charge in [0.2, 0.25) is 17.7 Å². The summed E-state index contributed by atoms with van der Waals surface area (Å²) in [5.74, 6) is -2.35. The number of halogens is 2. The molecular weight excluding hydrogens is 438 g/mol. The maximum absolute atomic E-state index is 13.2. The molecule has 33 heavy (non-hydrogen) atoms. The summed E-state index contributed by atoms with van der Waals surface area (Å²) < 4.78 is 37.1. The third-order valence-corrected chi connectivity index (χ3v) is 4.66. The molecule has 1 aliphatic heterocycles. The number of hydrogen-bond donors (Lipinski definition) is 3. The molecule has 0 spiro atoms. The fourth-order valence-corrected chi connectivity index (χ4v) is 3.02. The largest absolute Gasteiger partial charge is 0.486 e. The lowest BCUT2D eigenvalue weighted by molar-refractivity contribution is -0.125. The number of fused-ring (bicyclic) bond motifs is 1. The smallest absolute Gasteiger partial charge is 0.243 e. The van der Waals surface area contributed by atoms with Gasteiger partial charge in [-0.25, -0.2) is 8.78 Å². The molecule has 2 aromatic carbocycles. The van der Waals surface area contributed by atoms with Crippen LogP contribution in [0.2, 0.25) is 0 Å². The first-order valence-electron chi connectivity index (χ1n) is 10.3. The van der Waals surface area contributed by atoms with Crippen LogP contribution in [0.25, 0.3) is 0 Å². The summed E-state index contributed by atoms with van der Waals surface area (Å²) in [5.41, 5.74) is 0.609. The van der Waals surface area contributed by atoms with E-state index in [4.69, 9.17) is 9.47 Å². The predicted molar refractivity (Wildman–Crippen MR) is 116 cm³/mol. The van der Waals surface area contributed by atoms with Crippen molar-refractivity contribution in [3.63, 3.8) is 0 Å². The lowest BCUT2D eigenvalue weighted by Crippen LogP contribution is -2.43. The summed E-state index contributed by atoms with van der Waals surface area (Å²) >= 11 is 0. The second-order valence-electron chi connectivity index (χ2n) is 7.16. The molecule has 3 N–H and O–H groups in total. The molecule has 0 bridgehead atoms. The zero-order chi connectivity index (χ0) is 23.8. The molecule has 0 unspecified atom stereocenters. The highest BCUT2D eigenvalue weighted by Crippen LogP contribution is 2.32. The van der Waals surface area contributed by atoms with Crippen molar-refractivity contribution in [3.8, 4) is 11.5 Å². The molecule has 9 nitrogen and oxygen atoms in total. The number of benzene rings is 2. The molecule has 3 rings (SSSR count). The summed E-state index contributed by atoms with van der Waals surface area (Å²) in [6, 6.07) is 8.01. The highest BCUT2D eigenvalue weighted by atomic mass is 19.2. The fourth-order valence-electron chi connectivity index (χ4n) is 3.02. The molecule has 11 heteroatoms. The van der Waals surface area contributed by atoms with Crippen molar-refractivity contribution in [2.45, 2.75) is 6.92 Å². The van der Waals surface area contributed by atoms with Crippen LogP contribution in [0, 0.1) is 11.6 Å². The Bertz CT molecular complexity index is 1030. The second kappa shape index (κ2) is 11.2. The van der Waals surface area contributed by atoms with Crippen molar-refractivity contribution in [1.29, 1.82) is 0 Å². The van der Waals surface area contributed by atoms with Crippen molar-refractivity contribution in [1.82, 2.24) is 10.2 Å². The van der Waals surface area contributed by atoms with Crippen molar-refractivity contribution >= 4 is 29.1 Å². The van der Waals surface area contributed by atoms with Crippen LogP contribution in [0.15, 0.2) is 36.4 Å². The number of carbonyl (C=O) groups is 3. The van der Waals surface area contributed by atoms with Gasteiger partial charge >= 0.3 is 0 Å². The Balaban J connectivity index is 1.42. The van der Waals surface area contributed by atoms with E-state index in [2.05, 4.69) is 16.0 Å². The molecule has 0 fully saturated rings. The van der Waals surface area contributed by atoms with Gasteiger partial charge in [0.15, 0.2) is 23.1 Å². The third kappa shape index (κ3) is 7.14. The Hall–Kier alpha value is -3.73. The average Bonchev–Trinajstić information content (AvgIpc) is 2.79. The number of rotatable bonds is 9. The van der Waals surface area contributed by atoms with E-state index >= 15 is 0 Å². The van der Waals surface area contributed by atoms with Gasteiger partial charge in [0, 0.05) is 23.5 Å². The SMILES string of the molecule is CCN(CC(=O)NCC(=O)Nc1ccc(F)c(F)c1)CC(=O)Nc1ccc2c(c1)OCCO2. The van der Waals surface area contributed by atoms with Crippen LogP contribution in [0.5, 0.6) is 11.5 Å². The number of carbonyl (C=O) groups excluding carboxylic acids is 3. The second-order valence-corrected chi connectivity index (χ2v) is 7.16. The predicted octanol–water partition coefficient (Wildman–Crippen LogP) is 1.75.